The van der Waals surface area contributed by atoms with Crippen LogP contribution < -0.4 is 0 Å². The molecule has 0 atom stereocenters. The summed E-state index contributed by atoms with van der Waals surface area (Å²) >= 11 is 0. The minimum absolute atomic E-state index is 0.520. The van der Waals surface area contributed by atoms with Crippen LogP contribution in [0.2, 0.25) is 0 Å². The highest BCUT2D eigenvalue weighted by atomic mass is 14.7. The van der Waals surface area contributed by atoms with Gasteiger partial charge in [0.2, 0.25) is 0 Å². The third kappa shape index (κ3) is 1.48. The molecule has 0 amide bonds. The van der Waals surface area contributed by atoms with Gasteiger partial charge < -0.3 is 0 Å². The van der Waals surface area contributed by atoms with Gasteiger partial charge in [0, 0.05) is 23.5 Å². The molecule has 0 unspecified atom stereocenters. The van der Waals surface area contributed by atoms with E-state index in [0.29, 0.717) is 5.92 Å². The first-order chi connectivity index (χ1) is 6.68. The zero-order valence-corrected chi connectivity index (χ0v) is 8.78. The van der Waals surface area contributed by atoms with Crippen molar-refractivity contribution < 1.29 is 0 Å². The van der Waals surface area contributed by atoms with Crippen LogP contribution in [0.15, 0.2) is 24.5 Å². The van der Waals surface area contributed by atoms with E-state index in [0.717, 1.165) is 16.6 Å². The Balaban J connectivity index is 2.71. The summed E-state index contributed by atoms with van der Waals surface area (Å²) in [6.07, 6.45) is 3.65. The molecular weight excluding hydrogens is 172 g/mol. The normalized spacial score (nSPS) is 11.1. The van der Waals surface area contributed by atoms with Gasteiger partial charge in [0.25, 0.3) is 0 Å². The van der Waals surface area contributed by atoms with E-state index in [4.69, 9.17) is 0 Å². The third-order valence-corrected chi connectivity index (χ3v) is 2.47. The maximum Gasteiger partial charge on any atom is 0.0736 e. The molecule has 0 aliphatic heterocycles. The first-order valence-corrected chi connectivity index (χ1v) is 4.90. The van der Waals surface area contributed by atoms with E-state index in [2.05, 4.69) is 36.8 Å². The molecule has 0 aliphatic rings. The Morgan fingerprint density at radius 2 is 2.07 bits per heavy atom. The van der Waals surface area contributed by atoms with Gasteiger partial charge in [-0.05, 0) is 30.5 Å². The molecular formula is C12H14N2. The third-order valence-electron chi connectivity index (χ3n) is 2.47. The predicted molar refractivity (Wildman–Crippen MR) is 58.4 cm³/mol. The number of aryl methyl sites for hydroxylation is 1. The van der Waals surface area contributed by atoms with Crippen LogP contribution in [0.25, 0.3) is 10.9 Å². The first kappa shape index (κ1) is 9.13. The molecule has 0 spiro atoms. The Bertz CT molecular complexity index is 461. The molecule has 14 heavy (non-hydrogen) atoms. The maximum atomic E-state index is 4.56. The average molecular weight is 186 g/mol. The van der Waals surface area contributed by atoms with Crippen molar-refractivity contribution in [1.29, 1.82) is 0 Å². The van der Waals surface area contributed by atoms with Gasteiger partial charge in [0.15, 0.2) is 0 Å². The van der Waals surface area contributed by atoms with Gasteiger partial charge in [-0.25, -0.2) is 0 Å². The van der Waals surface area contributed by atoms with Crippen LogP contribution in [0.5, 0.6) is 0 Å². The highest BCUT2D eigenvalue weighted by molar-refractivity contribution is 5.78. The van der Waals surface area contributed by atoms with Gasteiger partial charge in [-0.1, -0.05) is 13.8 Å². The van der Waals surface area contributed by atoms with E-state index in [1.54, 1.807) is 6.20 Å². The average Bonchev–Trinajstić information content (AvgIpc) is 2.16. The van der Waals surface area contributed by atoms with Crippen molar-refractivity contribution in [1.82, 2.24) is 9.97 Å². The van der Waals surface area contributed by atoms with Gasteiger partial charge in [-0.3, -0.25) is 9.97 Å². The molecule has 0 saturated carbocycles. The van der Waals surface area contributed by atoms with Crippen molar-refractivity contribution in [2.75, 3.05) is 0 Å². The van der Waals surface area contributed by atoms with Gasteiger partial charge >= 0.3 is 0 Å². The van der Waals surface area contributed by atoms with E-state index >= 15 is 0 Å². The largest absolute Gasteiger partial charge is 0.264 e. The van der Waals surface area contributed by atoms with Crippen molar-refractivity contribution in [2.24, 2.45) is 0 Å². The fourth-order valence-electron chi connectivity index (χ4n) is 1.71. The number of hydrogen-bond acceptors (Lipinski definition) is 2. The van der Waals surface area contributed by atoms with Crippen LogP contribution in [-0.4, -0.2) is 9.97 Å². The Morgan fingerprint density at radius 3 is 2.79 bits per heavy atom. The molecule has 0 N–H and O–H groups in total. The van der Waals surface area contributed by atoms with Crippen LogP contribution in [0, 0.1) is 6.92 Å². The quantitative estimate of drug-likeness (QED) is 0.684. The molecule has 2 heterocycles. The Kier molecular flexibility index (Phi) is 2.20. The number of pyridine rings is 2. The molecule has 72 valence electrons. The minimum atomic E-state index is 0.520. The molecule has 0 aliphatic carbocycles. The lowest BCUT2D eigenvalue weighted by atomic mass is 10.0. The molecule has 2 aromatic rings. The van der Waals surface area contributed by atoms with Crippen molar-refractivity contribution in [3.05, 3.63) is 35.8 Å². The minimum Gasteiger partial charge on any atom is -0.264 e. The molecule has 0 radical (unpaired) electrons. The SMILES string of the molecule is Cc1nc2ccncc2cc1C(C)C. The van der Waals surface area contributed by atoms with E-state index in [9.17, 15) is 0 Å². The molecule has 2 nitrogen and oxygen atoms in total. The zero-order valence-electron chi connectivity index (χ0n) is 8.78. The second kappa shape index (κ2) is 3.37. The zero-order chi connectivity index (χ0) is 10.1. The Hall–Kier alpha value is -1.44. The Morgan fingerprint density at radius 1 is 1.29 bits per heavy atom. The summed E-state index contributed by atoms with van der Waals surface area (Å²) in [5, 5.41) is 1.13. The van der Waals surface area contributed by atoms with E-state index in [1.165, 1.54) is 5.56 Å². The fraction of sp³-hybridized carbons (Fsp3) is 0.333. The molecule has 0 aromatic carbocycles. The van der Waals surface area contributed by atoms with Crippen LogP contribution >= 0.6 is 0 Å². The van der Waals surface area contributed by atoms with Crippen molar-refractivity contribution in [3.8, 4) is 0 Å². The standard InChI is InChI=1S/C12H14N2/c1-8(2)11-6-10-7-13-5-4-12(10)14-9(11)3/h4-8H,1-3H3. The lowest BCUT2D eigenvalue weighted by molar-refractivity contribution is 0.848. The van der Waals surface area contributed by atoms with Crippen molar-refractivity contribution in [3.63, 3.8) is 0 Å². The van der Waals surface area contributed by atoms with Crippen LogP contribution in [0.4, 0.5) is 0 Å². The highest BCUT2D eigenvalue weighted by Gasteiger charge is 2.06. The van der Waals surface area contributed by atoms with Crippen molar-refractivity contribution in [2.45, 2.75) is 26.7 Å². The van der Waals surface area contributed by atoms with Gasteiger partial charge in [0.1, 0.15) is 0 Å². The number of fused-ring (bicyclic) bond motifs is 1. The monoisotopic (exact) mass is 186 g/mol. The van der Waals surface area contributed by atoms with Crippen LogP contribution in [0.1, 0.15) is 31.0 Å². The molecule has 0 fully saturated rings. The Labute approximate surface area is 84.0 Å². The van der Waals surface area contributed by atoms with Crippen LogP contribution in [-0.2, 0) is 0 Å². The number of nitrogens with zero attached hydrogens (tertiary/aromatic N) is 2. The van der Waals surface area contributed by atoms with Crippen molar-refractivity contribution >= 4 is 10.9 Å². The smallest absolute Gasteiger partial charge is 0.0736 e. The van der Waals surface area contributed by atoms with Gasteiger partial charge in [-0.2, -0.15) is 0 Å². The summed E-state index contributed by atoms with van der Waals surface area (Å²) in [6.45, 7) is 6.44. The number of hydrogen-bond donors (Lipinski definition) is 0. The highest BCUT2D eigenvalue weighted by Crippen LogP contribution is 2.21. The summed E-state index contributed by atoms with van der Waals surface area (Å²) in [6, 6.07) is 4.14. The van der Waals surface area contributed by atoms with E-state index in [1.807, 2.05) is 12.3 Å². The lowest BCUT2D eigenvalue weighted by Gasteiger charge is -2.09. The fourth-order valence-corrected chi connectivity index (χ4v) is 1.71. The maximum absolute atomic E-state index is 4.56. The second-order valence-corrected chi connectivity index (χ2v) is 3.89. The number of aromatic nitrogens is 2. The lowest BCUT2D eigenvalue weighted by Crippen LogP contribution is -1.95. The first-order valence-electron chi connectivity index (χ1n) is 4.90. The summed E-state index contributed by atoms with van der Waals surface area (Å²) in [5.41, 5.74) is 3.46. The molecule has 0 bridgehead atoms. The number of rotatable bonds is 1. The topological polar surface area (TPSA) is 25.8 Å². The van der Waals surface area contributed by atoms with Gasteiger partial charge in [-0.15, -0.1) is 0 Å². The molecule has 0 saturated heterocycles. The molecule has 2 heteroatoms. The molecule has 2 aromatic heterocycles. The summed E-state index contributed by atoms with van der Waals surface area (Å²) in [4.78, 5) is 8.66. The summed E-state index contributed by atoms with van der Waals surface area (Å²) in [7, 11) is 0. The summed E-state index contributed by atoms with van der Waals surface area (Å²) < 4.78 is 0. The summed E-state index contributed by atoms with van der Waals surface area (Å²) in [5.74, 6) is 0.520. The van der Waals surface area contributed by atoms with Gasteiger partial charge in [0.05, 0.1) is 5.52 Å². The van der Waals surface area contributed by atoms with Crippen LogP contribution in [0.3, 0.4) is 0 Å². The predicted octanol–water partition coefficient (Wildman–Crippen LogP) is 3.06. The molecule has 2 rings (SSSR count). The second-order valence-electron chi connectivity index (χ2n) is 3.89. The van der Waals surface area contributed by atoms with E-state index in [-0.39, 0.29) is 0 Å². The van der Waals surface area contributed by atoms with E-state index < -0.39 is 0 Å².